The lowest BCUT2D eigenvalue weighted by molar-refractivity contribution is -0.139. The highest BCUT2D eigenvalue weighted by atomic mass is 35.5. The number of nitrogens with one attached hydrogen (secondary N) is 1. The van der Waals surface area contributed by atoms with Crippen LogP contribution in [-0.4, -0.2) is 42.1 Å². The molecule has 1 saturated heterocycles. The molecule has 0 unspecified atom stereocenters. The fraction of sp³-hybridized carbons (Fsp3) is 0.533. The largest absolute Gasteiger partial charge is 0.479 e. The third-order valence-electron chi connectivity index (χ3n) is 3.41. The smallest absolute Gasteiger partial charge is 0.263 e. The molecule has 116 valence electrons. The molecule has 0 spiro atoms. The molecule has 1 aliphatic rings. The number of carbonyl (C=O) groups is 1. The number of piperazine rings is 1. The molecule has 1 aliphatic heterocycles. The number of benzene rings is 1. The Balaban J connectivity index is 2.02. The highest BCUT2D eigenvalue weighted by Crippen LogP contribution is 2.26. The molecule has 4 nitrogen and oxygen atoms in total. The van der Waals surface area contributed by atoms with Crippen molar-refractivity contribution in [3.8, 4) is 5.75 Å². The molecular formula is C15H20ClFN2O2. The Morgan fingerprint density at radius 2 is 2.05 bits per heavy atom. The zero-order valence-corrected chi connectivity index (χ0v) is 13.2. The Hall–Kier alpha value is -1.33. The van der Waals surface area contributed by atoms with Gasteiger partial charge in [-0.2, -0.15) is 0 Å². The van der Waals surface area contributed by atoms with E-state index in [4.69, 9.17) is 16.3 Å². The molecule has 2 rings (SSSR count). The number of halogens is 2. The lowest BCUT2D eigenvalue weighted by Crippen LogP contribution is -2.57. The van der Waals surface area contributed by atoms with Crippen molar-refractivity contribution in [3.63, 3.8) is 0 Å². The summed E-state index contributed by atoms with van der Waals surface area (Å²) in [6, 6.07) is 4.36. The van der Waals surface area contributed by atoms with Crippen LogP contribution in [0.5, 0.6) is 5.75 Å². The van der Waals surface area contributed by atoms with Crippen molar-refractivity contribution in [1.29, 1.82) is 0 Å². The highest BCUT2D eigenvalue weighted by Gasteiger charge is 2.29. The van der Waals surface area contributed by atoms with E-state index in [1.54, 1.807) is 11.8 Å². The second kappa shape index (κ2) is 6.62. The number of rotatable bonds is 3. The van der Waals surface area contributed by atoms with Gasteiger partial charge in [-0.05, 0) is 39.0 Å². The van der Waals surface area contributed by atoms with E-state index in [0.717, 1.165) is 0 Å². The van der Waals surface area contributed by atoms with Crippen molar-refractivity contribution < 1.29 is 13.9 Å². The predicted molar refractivity (Wildman–Crippen MR) is 80.1 cm³/mol. The van der Waals surface area contributed by atoms with Gasteiger partial charge in [0.25, 0.3) is 5.91 Å². The summed E-state index contributed by atoms with van der Waals surface area (Å²) in [4.78, 5) is 14.2. The first kappa shape index (κ1) is 16.0. The van der Waals surface area contributed by atoms with Crippen molar-refractivity contribution in [2.75, 3.05) is 13.1 Å². The Morgan fingerprint density at radius 1 is 1.43 bits per heavy atom. The van der Waals surface area contributed by atoms with Crippen molar-refractivity contribution in [1.82, 2.24) is 10.2 Å². The van der Waals surface area contributed by atoms with Gasteiger partial charge in [-0.3, -0.25) is 4.79 Å². The van der Waals surface area contributed by atoms with Crippen LogP contribution in [0.25, 0.3) is 0 Å². The van der Waals surface area contributed by atoms with Crippen LogP contribution in [0.1, 0.15) is 20.8 Å². The van der Waals surface area contributed by atoms with Crippen LogP contribution in [0.15, 0.2) is 18.2 Å². The average molecular weight is 315 g/mol. The topological polar surface area (TPSA) is 41.6 Å². The Morgan fingerprint density at radius 3 is 2.62 bits per heavy atom. The van der Waals surface area contributed by atoms with Crippen LogP contribution in [-0.2, 0) is 4.79 Å². The summed E-state index contributed by atoms with van der Waals surface area (Å²) in [6.07, 6.45) is -0.662. The third-order valence-corrected chi connectivity index (χ3v) is 3.71. The summed E-state index contributed by atoms with van der Waals surface area (Å²) in [5.74, 6) is -0.207. The Kier molecular flexibility index (Phi) is 5.06. The van der Waals surface area contributed by atoms with Crippen molar-refractivity contribution >= 4 is 17.5 Å². The van der Waals surface area contributed by atoms with E-state index in [0.29, 0.717) is 18.8 Å². The van der Waals surface area contributed by atoms with Gasteiger partial charge >= 0.3 is 0 Å². The molecule has 0 bridgehead atoms. The van der Waals surface area contributed by atoms with Crippen LogP contribution in [0.2, 0.25) is 5.02 Å². The second-order valence-electron chi connectivity index (χ2n) is 5.55. The third kappa shape index (κ3) is 4.08. The summed E-state index contributed by atoms with van der Waals surface area (Å²) in [6.45, 7) is 7.05. The minimum absolute atomic E-state index is 0.0874. The van der Waals surface area contributed by atoms with E-state index in [-0.39, 0.29) is 23.0 Å². The molecule has 1 fully saturated rings. The molecule has 6 heteroatoms. The van der Waals surface area contributed by atoms with Gasteiger partial charge in [0.1, 0.15) is 11.6 Å². The average Bonchev–Trinajstić information content (AvgIpc) is 2.40. The zero-order valence-electron chi connectivity index (χ0n) is 12.4. The first-order valence-electron chi connectivity index (χ1n) is 7.03. The molecule has 1 aromatic carbocycles. The van der Waals surface area contributed by atoms with Crippen molar-refractivity contribution in [3.05, 3.63) is 29.0 Å². The van der Waals surface area contributed by atoms with Gasteiger partial charge in [0, 0.05) is 25.2 Å². The van der Waals surface area contributed by atoms with Crippen molar-refractivity contribution in [2.24, 2.45) is 0 Å². The number of hydrogen-bond acceptors (Lipinski definition) is 3. The van der Waals surface area contributed by atoms with E-state index in [9.17, 15) is 9.18 Å². The maximum Gasteiger partial charge on any atom is 0.263 e. The molecule has 3 atom stereocenters. The van der Waals surface area contributed by atoms with E-state index < -0.39 is 11.9 Å². The molecular weight excluding hydrogens is 295 g/mol. The lowest BCUT2D eigenvalue weighted by atomic mass is 10.1. The lowest BCUT2D eigenvalue weighted by Gasteiger charge is -2.37. The normalized spacial score (nSPS) is 23.8. The van der Waals surface area contributed by atoms with Crippen LogP contribution in [0, 0.1) is 5.82 Å². The van der Waals surface area contributed by atoms with Gasteiger partial charge in [0.2, 0.25) is 0 Å². The van der Waals surface area contributed by atoms with Gasteiger partial charge in [0.05, 0.1) is 5.02 Å². The second-order valence-corrected chi connectivity index (χ2v) is 5.95. The van der Waals surface area contributed by atoms with E-state index in [1.807, 2.05) is 13.8 Å². The SMILES string of the molecule is C[C@@H]1CN(C(=O)[C@H](C)Oc2ccc(F)cc2Cl)C[C@@H](C)N1. The monoisotopic (exact) mass is 314 g/mol. The maximum atomic E-state index is 13.0. The number of carbonyl (C=O) groups excluding carboxylic acids is 1. The molecule has 0 aliphatic carbocycles. The molecule has 1 aromatic rings. The molecule has 0 saturated carbocycles. The molecule has 1 amide bonds. The fourth-order valence-electron chi connectivity index (χ4n) is 2.58. The predicted octanol–water partition coefficient (Wildman–Crippen LogP) is 2.46. The Bertz CT molecular complexity index is 516. The summed E-state index contributed by atoms with van der Waals surface area (Å²) in [5, 5.41) is 3.53. The summed E-state index contributed by atoms with van der Waals surface area (Å²) in [5.41, 5.74) is 0. The maximum absolute atomic E-state index is 13.0. The summed E-state index contributed by atoms with van der Waals surface area (Å²) < 4.78 is 18.6. The van der Waals surface area contributed by atoms with Crippen molar-refractivity contribution in [2.45, 2.75) is 39.0 Å². The van der Waals surface area contributed by atoms with Gasteiger partial charge < -0.3 is 15.0 Å². The Labute approximate surface area is 129 Å². The van der Waals surface area contributed by atoms with Crippen LogP contribution in [0.3, 0.4) is 0 Å². The molecule has 1 N–H and O–H groups in total. The van der Waals surface area contributed by atoms with Gasteiger partial charge in [-0.1, -0.05) is 11.6 Å². The number of nitrogens with zero attached hydrogens (tertiary/aromatic N) is 1. The zero-order chi connectivity index (χ0) is 15.6. The minimum Gasteiger partial charge on any atom is -0.479 e. The number of ether oxygens (including phenoxy) is 1. The summed E-state index contributed by atoms with van der Waals surface area (Å²) >= 11 is 5.91. The minimum atomic E-state index is -0.662. The quantitative estimate of drug-likeness (QED) is 0.932. The van der Waals surface area contributed by atoms with Gasteiger partial charge in [-0.15, -0.1) is 0 Å². The molecule has 0 radical (unpaired) electrons. The number of amides is 1. The number of hydrogen-bond donors (Lipinski definition) is 1. The van der Waals surface area contributed by atoms with Crippen LogP contribution in [0.4, 0.5) is 4.39 Å². The highest BCUT2D eigenvalue weighted by molar-refractivity contribution is 6.32. The van der Waals surface area contributed by atoms with Crippen LogP contribution >= 0.6 is 11.6 Å². The molecule has 0 aromatic heterocycles. The van der Waals surface area contributed by atoms with E-state index in [1.165, 1.54) is 18.2 Å². The van der Waals surface area contributed by atoms with E-state index in [2.05, 4.69) is 5.32 Å². The van der Waals surface area contributed by atoms with E-state index >= 15 is 0 Å². The first-order valence-corrected chi connectivity index (χ1v) is 7.41. The first-order chi connectivity index (χ1) is 9.86. The molecule has 21 heavy (non-hydrogen) atoms. The van der Waals surface area contributed by atoms with Crippen LogP contribution < -0.4 is 10.1 Å². The van der Waals surface area contributed by atoms with Gasteiger partial charge in [-0.25, -0.2) is 4.39 Å². The standard InChI is InChI=1S/C15H20ClFN2O2/c1-9-7-19(8-10(2)18-9)15(20)11(3)21-14-5-4-12(17)6-13(14)16/h4-6,9-11,18H,7-8H2,1-3H3/t9-,10-,11+/m1/s1. The fourth-order valence-corrected chi connectivity index (χ4v) is 2.79. The van der Waals surface area contributed by atoms with Gasteiger partial charge in [0.15, 0.2) is 6.10 Å². The summed E-state index contributed by atoms with van der Waals surface area (Å²) in [7, 11) is 0. The molecule has 1 heterocycles.